The number of benzene rings is 1. The molecule has 0 aliphatic carbocycles. The lowest BCUT2D eigenvalue weighted by Gasteiger charge is -2.32. The number of para-hydroxylation sites is 1. The van der Waals surface area contributed by atoms with Crippen molar-refractivity contribution >= 4 is 30.0 Å². The highest BCUT2D eigenvalue weighted by molar-refractivity contribution is 6.48. The molecule has 0 amide bonds. The molecular formula is C23H32BNO6. The van der Waals surface area contributed by atoms with Crippen LogP contribution in [-0.4, -0.2) is 45.5 Å². The molecule has 0 bridgehead atoms. The van der Waals surface area contributed by atoms with E-state index in [9.17, 15) is 14.7 Å². The fraction of sp³-hybridized carbons (Fsp3) is 0.565. The van der Waals surface area contributed by atoms with Crippen LogP contribution in [0.5, 0.6) is 0 Å². The lowest BCUT2D eigenvalue weighted by Crippen LogP contribution is -2.41. The monoisotopic (exact) mass is 429 g/mol. The van der Waals surface area contributed by atoms with Crippen LogP contribution >= 0.6 is 0 Å². The molecule has 0 spiro atoms. The first-order chi connectivity index (χ1) is 14.2. The fourth-order valence-electron chi connectivity index (χ4n) is 3.81. The number of hydrogen-bond acceptors (Lipinski definition) is 5. The minimum Gasteiger partial charge on any atom is -0.481 e. The lowest BCUT2D eigenvalue weighted by molar-refractivity contribution is -0.155. The maximum absolute atomic E-state index is 12.5. The number of carbonyl (C=O) groups is 2. The van der Waals surface area contributed by atoms with Crippen molar-refractivity contribution in [1.29, 1.82) is 0 Å². The van der Waals surface area contributed by atoms with Gasteiger partial charge in [0.15, 0.2) is 0 Å². The van der Waals surface area contributed by atoms with Gasteiger partial charge in [-0.15, -0.1) is 0 Å². The Hall–Kier alpha value is -2.32. The number of aromatic nitrogens is 1. The number of fused-ring (bicyclic) bond motifs is 1. The Morgan fingerprint density at radius 2 is 1.71 bits per heavy atom. The summed E-state index contributed by atoms with van der Waals surface area (Å²) < 4.78 is 19.7. The van der Waals surface area contributed by atoms with Gasteiger partial charge in [-0.05, 0) is 60.1 Å². The van der Waals surface area contributed by atoms with Gasteiger partial charge in [0, 0.05) is 22.9 Å². The van der Waals surface area contributed by atoms with E-state index in [0.29, 0.717) is 0 Å². The number of nitrogens with zero attached hydrogens (tertiary/aromatic N) is 1. The highest BCUT2D eigenvalue weighted by Crippen LogP contribution is 2.43. The molecule has 1 saturated heterocycles. The molecule has 0 radical (unpaired) electrons. The zero-order valence-electron chi connectivity index (χ0n) is 19.4. The zero-order chi connectivity index (χ0) is 23.2. The van der Waals surface area contributed by atoms with Crippen molar-refractivity contribution in [2.75, 3.05) is 0 Å². The average molecular weight is 429 g/mol. The van der Waals surface area contributed by atoms with Crippen LogP contribution in [0.25, 0.3) is 10.9 Å². The summed E-state index contributed by atoms with van der Waals surface area (Å²) in [5.74, 6) is -1.84. The Labute approximate surface area is 183 Å². The third-order valence-electron chi connectivity index (χ3n) is 5.93. The Bertz CT molecular complexity index is 972. The smallest absolute Gasteiger partial charge is 0.466 e. The van der Waals surface area contributed by atoms with Crippen LogP contribution in [-0.2, 0) is 30.2 Å². The maximum atomic E-state index is 12.5. The topological polar surface area (TPSA) is 87.0 Å². The zero-order valence-corrected chi connectivity index (χ0v) is 19.4. The van der Waals surface area contributed by atoms with E-state index in [0.717, 1.165) is 16.5 Å². The second-order valence-electron chi connectivity index (χ2n) is 10.1. The first kappa shape index (κ1) is 23.4. The Morgan fingerprint density at radius 1 is 1.13 bits per heavy atom. The summed E-state index contributed by atoms with van der Waals surface area (Å²) >= 11 is 0. The second-order valence-corrected chi connectivity index (χ2v) is 10.1. The number of carbonyl (C=O) groups excluding carboxylic acids is 1. The molecule has 31 heavy (non-hydrogen) atoms. The molecule has 1 aliphatic rings. The van der Waals surface area contributed by atoms with Gasteiger partial charge in [0.1, 0.15) is 12.1 Å². The molecule has 1 N–H and O–H groups in total. The van der Waals surface area contributed by atoms with Gasteiger partial charge in [-0.1, -0.05) is 18.2 Å². The van der Waals surface area contributed by atoms with E-state index in [1.54, 1.807) is 4.57 Å². The molecule has 168 valence electrons. The van der Waals surface area contributed by atoms with E-state index >= 15 is 0 Å². The molecular weight excluding hydrogens is 397 g/mol. The summed E-state index contributed by atoms with van der Waals surface area (Å²) in [6.45, 7) is 13.3. The third kappa shape index (κ3) is 4.96. The average Bonchev–Trinajstić information content (AvgIpc) is 3.05. The first-order valence-electron chi connectivity index (χ1n) is 10.6. The molecule has 2 aromatic rings. The van der Waals surface area contributed by atoms with E-state index in [4.69, 9.17) is 14.0 Å². The van der Waals surface area contributed by atoms with E-state index in [2.05, 4.69) is 0 Å². The molecule has 1 fully saturated rings. The van der Waals surface area contributed by atoms with Crippen LogP contribution in [0.3, 0.4) is 0 Å². The molecule has 1 aromatic heterocycles. The van der Waals surface area contributed by atoms with Gasteiger partial charge in [0.05, 0.1) is 17.6 Å². The van der Waals surface area contributed by atoms with Gasteiger partial charge in [-0.3, -0.25) is 9.59 Å². The predicted molar refractivity (Wildman–Crippen MR) is 119 cm³/mol. The third-order valence-corrected chi connectivity index (χ3v) is 5.93. The molecule has 3 rings (SSSR count). The Kier molecular flexibility index (Phi) is 6.02. The number of esters is 1. The summed E-state index contributed by atoms with van der Waals surface area (Å²) in [5, 5.41) is 10.5. The maximum Gasteiger partial charge on any atom is 0.466 e. The van der Waals surface area contributed by atoms with Crippen LogP contribution in [0, 0.1) is 0 Å². The second kappa shape index (κ2) is 7.99. The molecule has 1 atom stereocenters. The molecule has 1 aromatic carbocycles. The van der Waals surface area contributed by atoms with Crippen molar-refractivity contribution in [2.24, 2.45) is 0 Å². The number of ether oxygens (including phenoxy) is 1. The number of rotatable bonds is 6. The number of carboxylic acids is 1. The van der Waals surface area contributed by atoms with Crippen LogP contribution in [0.2, 0.25) is 0 Å². The summed E-state index contributed by atoms with van der Waals surface area (Å²) in [4.78, 5) is 24.2. The lowest BCUT2D eigenvalue weighted by atomic mass is 9.66. The fourth-order valence-corrected chi connectivity index (χ4v) is 3.81. The van der Waals surface area contributed by atoms with Gasteiger partial charge >= 0.3 is 19.1 Å². The van der Waals surface area contributed by atoms with Crippen molar-refractivity contribution in [3.63, 3.8) is 0 Å². The summed E-state index contributed by atoms with van der Waals surface area (Å²) in [5.41, 5.74) is -0.139. The van der Waals surface area contributed by atoms with Gasteiger partial charge in [0.25, 0.3) is 0 Å². The summed E-state index contributed by atoms with van der Waals surface area (Å²) in [7, 11) is -0.720. The van der Waals surface area contributed by atoms with Crippen molar-refractivity contribution in [3.8, 4) is 0 Å². The minimum atomic E-state index is -0.941. The van der Waals surface area contributed by atoms with Gasteiger partial charge < -0.3 is 23.7 Å². The van der Waals surface area contributed by atoms with Gasteiger partial charge in [0.2, 0.25) is 0 Å². The molecule has 7 nitrogen and oxygen atoms in total. The van der Waals surface area contributed by atoms with Crippen LogP contribution < -0.4 is 0 Å². The van der Waals surface area contributed by atoms with Gasteiger partial charge in [-0.25, -0.2) is 0 Å². The van der Waals surface area contributed by atoms with E-state index in [1.807, 2.05) is 78.9 Å². The Balaban J connectivity index is 2.02. The summed E-state index contributed by atoms with van der Waals surface area (Å²) in [6, 6.07) is 7.62. The highest BCUT2D eigenvalue weighted by Gasteiger charge is 2.54. The first-order valence-corrected chi connectivity index (χ1v) is 10.6. The SMILES string of the molecule is CC(C)(C)OC(=O)Cn1cc(C(CC(=O)O)B2OC(C)(C)C(C)(C)O2)c2ccccc21. The van der Waals surface area contributed by atoms with E-state index in [1.165, 1.54) is 0 Å². The van der Waals surface area contributed by atoms with Crippen molar-refractivity contribution in [3.05, 3.63) is 36.0 Å². The molecule has 1 unspecified atom stereocenters. The molecule has 0 saturated carbocycles. The van der Waals surface area contributed by atoms with E-state index < -0.39 is 35.7 Å². The van der Waals surface area contributed by atoms with Crippen molar-refractivity contribution in [2.45, 2.75) is 84.1 Å². The minimum absolute atomic E-state index is 0.0287. The quantitative estimate of drug-likeness (QED) is 0.548. The highest BCUT2D eigenvalue weighted by atomic mass is 16.7. The summed E-state index contributed by atoms with van der Waals surface area (Å²) in [6.07, 6.45) is 1.67. The predicted octanol–water partition coefficient (Wildman–Crippen LogP) is 4.17. The molecule has 1 aliphatic heterocycles. The number of hydrogen-bond donors (Lipinski definition) is 1. The van der Waals surface area contributed by atoms with Crippen molar-refractivity contribution in [1.82, 2.24) is 4.57 Å². The standard InChI is InChI=1S/C23H32BNO6/c1-21(2,3)29-20(28)14-25-13-16(15-10-8-9-11-18(15)25)17(12-19(26)27)24-30-22(4,5)23(6,7)31-24/h8-11,13,17H,12,14H2,1-7H3,(H,26,27). The van der Waals surface area contributed by atoms with E-state index in [-0.39, 0.29) is 18.9 Å². The largest absolute Gasteiger partial charge is 0.481 e. The van der Waals surface area contributed by atoms with Crippen LogP contribution in [0.1, 0.15) is 66.3 Å². The van der Waals surface area contributed by atoms with Crippen molar-refractivity contribution < 1.29 is 28.7 Å². The van der Waals surface area contributed by atoms with Crippen LogP contribution in [0.4, 0.5) is 0 Å². The van der Waals surface area contributed by atoms with Crippen LogP contribution in [0.15, 0.2) is 30.5 Å². The Morgan fingerprint density at radius 3 is 2.26 bits per heavy atom. The molecule has 2 heterocycles. The number of carboxylic acid groups (broad SMARTS) is 1. The molecule has 8 heteroatoms. The van der Waals surface area contributed by atoms with Gasteiger partial charge in [-0.2, -0.15) is 0 Å². The number of aliphatic carboxylic acids is 1. The normalized spacial score (nSPS) is 18.9.